The number of hydrogen-bond donors (Lipinski definition) is 4. The van der Waals surface area contributed by atoms with Crippen molar-refractivity contribution in [3.8, 4) is 0 Å². The van der Waals surface area contributed by atoms with E-state index in [0.717, 1.165) is 9.87 Å². The molecular formula is C22H29N3O6S. The van der Waals surface area contributed by atoms with Crippen molar-refractivity contribution in [3.05, 3.63) is 60.2 Å². The first kappa shape index (κ1) is 25.3. The van der Waals surface area contributed by atoms with Crippen molar-refractivity contribution in [2.75, 3.05) is 11.9 Å². The fourth-order valence-corrected chi connectivity index (χ4v) is 4.91. The topological polar surface area (TPSA) is 136 Å². The lowest BCUT2D eigenvalue weighted by atomic mass is 10.0. The van der Waals surface area contributed by atoms with E-state index in [9.17, 15) is 28.2 Å². The van der Waals surface area contributed by atoms with Gasteiger partial charge in [-0.25, -0.2) is 13.2 Å². The van der Waals surface area contributed by atoms with Gasteiger partial charge in [0.2, 0.25) is 15.9 Å². The fraction of sp³-hybridized carbons (Fsp3) is 0.364. The van der Waals surface area contributed by atoms with E-state index in [2.05, 4.69) is 10.6 Å². The van der Waals surface area contributed by atoms with Gasteiger partial charge < -0.3 is 20.8 Å². The van der Waals surface area contributed by atoms with Crippen LogP contribution in [0, 0.1) is 0 Å². The number of carbonyl (C=O) groups is 2. The molecule has 2 aromatic rings. The Labute approximate surface area is 188 Å². The number of hydrogen-bond acceptors (Lipinski definition) is 5. The Hall–Kier alpha value is -2.95. The standard InChI is InChI=1S/C22H29N3O6S/c1-15(2)25(32(30,31)19-11-9-18(10-12-19)23-16(3)26)14-21(27)20(24-22(28)29)13-17-7-5-4-6-8-17/h4-12,15,20-21,24,27H,13-14H2,1-3H3,(H,23,26)(H,28,29)/t20-,21-/m0/s1. The van der Waals surface area contributed by atoms with Crippen molar-refractivity contribution in [2.45, 2.75) is 50.3 Å². The van der Waals surface area contributed by atoms with Crippen LogP contribution in [0.2, 0.25) is 0 Å². The summed E-state index contributed by atoms with van der Waals surface area (Å²) in [6.07, 6.45) is -2.40. The molecule has 174 valence electrons. The van der Waals surface area contributed by atoms with Gasteiger partial charge >= 0.3 is 6.09 Å². The van der Waals surface area contributed by atoms with Gasteiger partial charge in [0.25, 0.3) is 0 Å². The maximum absolute atomic E-state index is 13.2. The Balaban J connectivity index is 2.25. The maximum Gasteiger partial charge on any atom is 0.404 e. The van der Waals surface area contributed by atoms with E-state index < -0.39 is 34.3 Å². The van der Waals surface area contributed by atoms with Crippen LogP contribution in [-0.4, -0.2) is 59.7 Å². The molecule has 2 aromatic carbocycles. The molecule has 0 saturated carbocycles. The lowest BCUT2D eigenvalue weighted by Gasteiger charge is -2.31. The van der Waals surface area contributed by atoms with E-state index in [1.54, 1.807) is 38.1 Å². The molecule has 0 aliphatic heterocycles. The first-order valence-corrected chi connectivity index (χ1v) is 11.6. The van der Waals surface area contributed by atoms with Crippen LogP contribution in [0.5, 0.6) is 0 Å². The predicted octanol–water partition coefficient (Wildman–Crippen LogP) is 2.28. The number of carbonyl (C=O) groups excluding carboxylic acids is 1. The van der Waals surface area contributed by atoms with Gasteiger partial charge in [0.1, 0.15) is 0 Å². The first-order chi connectivity index (χ1) is 15.0. The summed E-state index contributed by atoms with van der Waals surface area (Å²) in [4.78, 5) is 22.4. The molecule has 0 spiro atoms. The largest absolute Gasteiger partial charge is 0.465 e. The van der Waals surface area contributed by atoms with Gasteiger partial charge in [-0.1, -0.05) is 30.3 Å². The van der Waals surface area contributed by atoms with Gasteiger partial charge in [0.15, 0.2) is 0 Å². The Morgan fingerprint density at radius 1 is 1.03 bits per heavy atom. The van der Waals surface area contributed by atoms with E-state index in [0.29, 0.717) is 5.69 Å². The molecule has 2 atom stereocenters. The van der Waals surface area contributed by atoms with Gasteiger partial charge in [-0.3, -0.25) is 4.79 Å². The minimum atomic E-state index is -3.99. The second kappa shape index (κ2) is 11.1. The molecular weight excluding hydrogens is 434 g/mol. The molecule has 10 heteroatoms. The summed E-state index contributed by atoms with van der Waals surface area (Å²) in [6, 6.07) is 13.3. The number of nitrogens with zero attached hydrogens (tertiary/aromatic N) is 1. The summed E-state index contributed by atoms with van der Waals surface area (Å²) >= 11 is 0. The highest BCUT2D eigenvalue weighted by Gasteiger charge is 2.32. The molecule has 2 rings (SSSR count). The molecule has 0 aromatic heterocycles. The normalized spacial score (nSPS) is 13.6. The maximum atomic E-state index is 13.2. The van der Waals surface area contributed by atoms with E-state index in [1.807, 2.05) is 6.07 Å². The third-order valence-corrected chi connectivity index (χ3v) is 6.85. The van der Waals surface area contributed by atoms with Crippen molar-refractivity contribution in [1.29, 1.82) is 0 Å². The number of benzene rings is 2. The average Bonchev–Trinajstić information content (AvgIpc) is 2.71. The van der Waals surface area contributed by atoms with Crippen molar-refractivity contribution in [3.63, 3.8) is 0 Å². The van der Waals surface area contributed by atoms with E-state index in [1.165, 1.54) is 31.2 Å². The Bertz CT molecular complexity index is 1010. The summed E-state index contributed by atoms with van der Waals surface area (Å²) in [5.74, 6) is -0.275. The summed E-state index contributed by atoms with van der Waals surface area (Å²) in [5, 5.41) is 24.9. The number of nitrogens with one attached hydrogen (secondary N) is 2. The van der Waals surface area contributed by atoms with Gasteiger partial charge in [-0.05, 0) is 50.1 Å². The van der Waals surface area contributed by atoms with Crippen LogP contribution in [0.3, 0.4) is 0 Å². The lowest BCUT2D eigenvalue weighted by Crippen LogP contribution is -2.51. The van der Waals surface area contributed by atoms with Gasteiger partial charge in [0.05, 0.1) is 17.0 Å². The number of sulfonamides is 1. The van der Waals surface area contributed by atoms with E-state index >= 15 is 0 Å². The van der Waals surface area contributed by atoms with Crippen molar-refractivity contribution in [2.24, 2.45) is 0 Å². The molecule has 0 fully saturated rings. The van der Waals surface area contributed by atoms with Crippen LogP contribution < -0.4 is 10.6 Å². The smallest absolute Gasteiger partial charge is 0.404 e. The number of anilines is 1. The molecule has 32 heavy (non-hydrogen) atoms. The molecule has 0 saturated heterocycles. The van der Waals surface area contributed by atoms with E-state index in [-0.39, 0.29) is 23.8 Å². The number of amides is 2. The second-order valence-electron chi connectivity index (χ2n) is 7.69. The molecule has 9 nitrogen and oxygen atoms in total. The van der Waals surface area contributed by atoms with Crippen LogP contribution in [0.4, 0.5) is 10.5 Å². The number of carboxylic acid groups (broad SMARTS) is 1. The highest BCUT2D eigenvalue weighted by atomic mass is 32.2. The molecule has 0 bridgehead atoms. The predicted molar refractivity (Wildman–Crippen MR) is 121 cm³/mol. The van der Waals surface area contributed by atoms with Crippen molar-refractivity contribution in [1.82, 2.24) is 9.62 Å². The van der Waals surface area contributed by atoms with E-state index in [4.69, 9.17) is 0 Å². The van der Waals surface area contributed by atoms with Crippen molar-refractivity contribution >= 4 is 27.7 Å². The Kier molecular flexibility index (Phi) is 8.76. The third-order valence-electron chi connectivity index (χ3n) is 4.80. The zero-order chi connectivity index (χ0) is 23.9. The van der Waals surface area contributed by atoms with Gasteiger partial charge in [0, 0.05) is 25.2 Å². The lowest BCUT2D eigenvalue weighted by molar-refractivity contribution is -0.114. The second-order valence-corrected chi connectivity index (χ2v) is 9.58. The van der Waals surface area contributed by atoms with Crippen LogP contribution in [-0.2, 0) is 21.2 Å². The Morgan fingerprint density at radius 2 is 1.62 bits per heavy atom. The van der Waals surface area contributed by atoms with Crippen LogP contribution >= 0.6 is 0 Å². The summed E-state index contributed by atoms with van der Waals surface area (Å²) in [6.45, 7) is 4.40. The van der Waals surface area contributed by atoms with Gasteiger partial charge in [-0.2, -0.15) is 4.31 Å². The first-order valence-electron chi connectivity index (χ1n) is 10.1. The SMILES string of the molecule is CC(=O)Nc1ccc(S(=O)(=O)N(C[C@H](O)[C@H](Cc2ccccc2)NC(=O)O)C(C)C)cc1. The number of aliphatic hydroxyl groups is 1. The minimum Gasteiger partial charge on any atom is -0.465 e. The average molecular weight is 464 g/mol. The molecule has 2 amide bonds. The number of rotatable bonds is 10. The highest BCUT2D eigenvalue weighted by molar-refractivity contribution is 7.89. The van der Waals surface area contributed by atoms with Crippen LogP contribution in [0.1, 0.15) is 26.3 Å². The molecule has 0 heterocycles. The number of aliphatic hydroxyl groups excluding tert-OH is 1. The molecule has 0 aliphatic carbocycles. The fourth-order valence-electron chi connectivity index (χ4n) is 3.26. The highest BCUT2D eigenvalue weighted by Crippen LogP contribution is 2.22. The third kappa shape index (κ3) is 7.04. The zero-order valence-corrected chi connectivity index (χ0v) is 19.0. The van der Waals surface area contributed by atoms with Crippen LogP contribution in [0.25, 0.3) is 0 Å². The summed E-state index contributed by atoms with van der Waals surface area (Å²) in [5.41, 5.74) is 1.26. The van der Waals surface area contributed by atoms with Crippen LogP contribution in [0.15, 0.2) is 59.5 Å². The minimum absolute atomic E-state index is 0.00157. The molecule has 0 unspecified atom stereocenters. The molecule has 0 radical (unpaired) electrons. The Morgan fingerprint density at radius 3 is 2.12 bits per heavy atom. The quantitative estimate of drug-likeness (QED) is 0.427. The summed E-state index contributed by atoms with van der Waals surface area (Å²) < 4.78 is 27.6. The zero-order valence-electron chi connectivity index (χ0n) is 18.2. The van der Waals surface area contributed by atoms with Crippen molar-refractivity contribution < 1.29 is 28.2 Å². The summed E-state index contributed by atoms with van der Waals surface area (Å²) in [7, 11) is -3.99. The van der Waals surface area contributed by atoms with Gasteiger partial charge in [-0.15, -0.1) is 0 Å². The molecule has 0 aliphatic rings. The monoisotopic (exact) mass is 463 g/mol. The molecule has 4 N–H and O–H groups in total.